The first-order valence-electron chi connectivity index (χ1n) is 7.27. The number of carbonyl (C=O) groups is 2. The Morgan fingerprint density at radius 3 is 2.86 bits per heavy atom. The van der Waals surface area contributed by atoms with E-state index in [9.17, 15) is 9.59 Å². The van der Waals surface area contributed by atoms with Crippen molar-refractivity contribution in [3.8, 4) is 12.1 Å². The molecule has 0 saturated carbocycles. The van der Waals surface area contributed by atoms with Crippen molar-refractivity contribution in [3.63, 3.8) is 0 Å². The molecule has 0 aliphatic carbocycles. The van der Waals surface area contributed by atoms with E-state index in [1.165, 1.54) is 0 Å². The maximum atomic E-state index is 11.5. The second-order valence-electron chi connectivity index (χ2n) is 5.36. The van der Waals surface area contributed by atoms with E-state index in [4.69, 9.17) is 15.3 Å². The molecule has 0 spiro atoms. The second kappa shape index (κ2) is 7.90. The first-order valence-corrected chi connectivity index (χ1v) is 8.32. The van der Waals surface area contributed by atoms with Crippen LogP contribution >= 0.6 is 11.8 Å². The molecule has 2 saturated heterocycles. The molecule has 8 heteroatoms. The maximum Gasteiger partial charge on any atom is 0.315 e. The molecule has 0 aromatic heterocycles. The van der Waals surface area contributed by atoms with Crippen LogP contribution in [0.5, 0.6) is 0 Å². The third-order valence-electron chi connectivity index (χ3n) is 3.78. The quantitative estimate of drug-likeness (QED) is 0.409. The molecular weight excluding hydrogens is 304 g/mol. The van der Waals surface area contributed by atoms with Gasteiger partial charge in [0, 0.05) is 17.4 Å². The summed E-state index contributed by atoms with van der Waals surface area (Å²) < 4.78 is 4.89. The highest BCUT2D eigenvalue weighted by molar-refractivity contribution is 8.00. The van der Waals surface area contributed by atoms with Gasteiger partial charge in [0.05, 0.1) is 24.2 Å². The minimum atomic E-state index is -0.894. The Kier molecular flexibility index (Phi) is 5.91. The lowest BCUT2D eigenvalue weighted by molar-refractivity contribution is -0.144. The zero-order valence-electron chi connectivity index (χ0n) is 12.1. The van der Waals surface area contributed by atoms with Crippen LogP contribution in [0.15, 0.2) is 0 Å². The van der Waals surface area contributed by atoms with Gasteiger partial charge in [0.1, 0.15) is 6.61 Å². The molecule has 7 nitrogen and oxygen atoms in total. The lowest BCUT2D eigenvalue weighted by Gasteiger charge is -2.16. The van der Waals surface area contributed by atoms with Crippen LogP contribution in [0.1, 0.15) is 25.7 Å². The lowest BCUT2D eigenvalue weighted by Crippen LogP contribution is -2.36. The SMILES string of the molecule is N#CC(C#N)COC(=O)CCCC[C@@H]1SC[C@@H]2NC(=O)N[C@@H]21. The number of nitrogens with zero attached hydrogens (tertiary/aromatic N) is 2. The second-order valence-corrected chi connectivity index (χ2v) is 6.63. The van der Waals surface area contributed by atoms with E-state index >= 15 is 0 Å². The van der Waals surface area contributed by atoms with Crippen molar-refractivity contribution >= 4 is 23.8 Å². The number of ether oxygens (including phenoxy) is 1. The van der Waals surface area contributed by atoms with Gasteiger partial charge >= 0.3 is 12.0 Å². The van der Waals surface area contributed by atoms with Crippen LogP contribution in [0.3, 0.4) is 0 Å². The summed E-state index contributed by atoms with van der Waals surface area (Å²) in [4.78, 5) is 22.7. The minimum Gasteiger partial charge on any atom is -0.463 e. The molecule has 0 bridgehead atoms. The van der Waals surface area contributed by atoms with Crippen LogP contribution < -0.4 is 10.6 Å². The van der Waals surface area contributed by atoms with Crippen LogP contribution in [0.4, 0.5) is 4.79 Å². The number of amides is 2. The molecular formula is C14H18N4O3S. The Morgan fingerprint density at radius 1 is 1.36 bits per heavy atom. The van der Waals surface area contributed by atoms with E-state index < -0.39 is 5.92 Å². The van der Waals surface area contributed by atoms with E-state index in [1.54, 1.807) is 12.1 Å². The molecule has 2 fully saturated rings. The fraction of sp³-hybridized carbons (Fsp3) is 0.714. The van der Waals surface area contributed by atoms with Crippen molar-refractivity contribution in [2.24, 2.45) is 5.92 Å². The molecule has 2 aliphatic rings. The number of thioether (sulfide) groups is 1. The molecule has 3 atom stereocenters. The number of carbonyl (C=O) groups excluding carboxylic acids is 2. The van der Waals surface area contributed by atoms with Crippen LogP contribution in [0.25, 0.3) is 0 Å². The zero-order chi connectivity index (χ0) is 15.9. The molecule has 0 radical (unpaired) electrons. The summed E-state index contributed by atoms with van der Waals surface area (Å²) in [5.41, 5.74) is 0. The summed E-state index contributed by atoms with van der Waals surface area (Å²) in [6.07, 6.45) is 2.82. The van der Waals surface area contributed by atoms with Gasteiger partial charge < -0.3 is 15.4 Å². The van der Waals surface area contributed by atoms with Crippen molar-refractivity contribution in [2.45, 2.75) is 43.0 Å². The molecule has 2 aliphatic heterocycles. The van der Waals surface area contributed by atoms with Crippen molar-refractivity contribution in [2.75, 3.05) is 12.4 Å². The number of fused-ring (bicyclic) bond motifs is 1. The molecule has 2 N–H and O–H groups in total. The average Bonchev–Trinajstić information content (AvgIpc) is 3.04. The number of rotatable bonds is 7. The van der Waals surface area contributed by atoms with Gasteiger partial charge in [-0.25, -0.2) is 4.79 Å². The van der Waals surface area contributed by atoms with E-state index in [0.717, 1.165) is 18.6 Å². The number of unbranched alkanes of at least 4 members (excludes halogenated alkanes) is 1. The molecule has 0 aromatic rings. The molecule has 2 rings (SSSR count). The minimum absolute atomic E-state index is 0.0894. The molecule has 2 heterocycles. The monoisotopic (exact) mass is 322 g/mol. The standard InChI is InChI=1S/C14H18N4O3S/c15-5-9(6-16)7-21-12(19)4-2-1-3-11-13-10(8-22-11)17-14(20)18-13/h9-11,13H,1-4,7-8H2,(H2,17,18,20)/t10-,11-,13-/m0/s1. The Morgan fingerprint density at radius 2 is 2.14 bits per heavy atom. The van der Waals surface area contributed by atoms with Gasteiger partial charge in [-0.1, -0.05) is 6.42 Å². The zero-order valence-corrected chi connectivity index (χ0v) is 12.9. The van der Waals surface area contributed by atoms with E-state index in [0.29, 0.717) is 18.1 Å². The number of nitriles is 2. The first-order chi connectivity index (χ1) is 10.6. The summed E-state index contributed by atoms with van der Waals surface area (Å²) >= 11 is 1.85. The fourth-order valence-corrected chi connectivity index (χ4v) is 4.15. The largest absolute Gasteiger partial charge is 0.463 e. The van der Waals surface area contributed by atoms with Gasteiger partial charge in [0.25, 0.3) is 0 Å². The van der Waals surface area contributed by atoms with E-state index in [2.05, 4.69) is 10.6 Å². The number of hydrogen-bond donors (Lipinski definition) is 2. The van der Waals surface area contributed by atoms with Crippen LogP contribution in [0, 0.1) is 28.6 Å². The van der Waals surface area contributed by atoms with Gasteiger partial charge in [-0.05, 0) is 12.8 Å². The number of urea groups is 1. The molecule has 22 heavy (non-hydrogen) atoms. The van der Waals surface area contributed by atoms with E-state index in [1.807, 2.05) is 11.8 Å². The summed E-state index contributed by atoms with van der Waals surface area (Å²) in [5.74, 6) is -0.336. The fourth-order valence-electron chi connectivity index (χ4n) is 2.61. The Labute approximate surface area is 133 Å². The summed E-state index contributed by atoms with van der Waals surface area (Å²) in [6, 6.07) is 3.83. The molecule has 118 valence electrons. The highest BCUT2D eigenvalue weighted by Gasteiger charge is 2.42. The average molecular weight is 322 g/mol. The lowest BCUT2D eigenvalue weighted by atomic mass is 10.0. The summed E-state index contributed by atoms with van der Waals surface area (Å²) in [5, 5.41) is 23.4. The van der Waals surface area contributed by atoms with Gasteiger partial charge in [0.15, 0.2) is 5.92 Å². The molecule has 0 unspecified atom stereocenters. The van der Waals surface area contributed by atoms with E-state index in [-0.39, 0.29) is 30.7 Å². The predicted octanol–water partition coefficient (Wildman–Crippen LogP) is 0.919. The van der Waals surface area contributed by atoms with Gasteiger partial charge in [-0.15, -0.1) is 0 Å². The topological polar surface area (TPSA) is 115 Å². The van der Waals surface area contributed by atoms with Gasteiger partial charge in [-0.3, -0.25) is 4.79 Å². The smallest absolute Gasteiger partial charge is 0.315 e. The number of nitrogens with one attached hydrogen (secondary N) is 2. The van der Waals surface area contributed by atoms with Crippen LogP contribution in [0.2, 0.25) is 0 Å². The highest BCUT2D eigenvalue weighted by Crippen LogP contribution is 2.33. The summed E-state index contributed by atoms with van der Waals surface area (Å²) in [7, 11) is 0. The van der Waals surface area contributed by atoms with Crippen molar-refractivity contribution < 1.29 is 14.3 Å². The molecule has 2 amide bonds. The number of hydrogen-bond acceptors (Lipinski definition) is 6. The third kappa shape index (κ3) is 4.28. The number of esters is 1. The predicted molar refractivity (Wildman–Crippen MR) is 79.6 cm³/mol. The van der Waals surface area contributed by atoms with Crippen molar-refractivity contribution in [1.29, 1.82) is 10.5 Å². The Bertz CT molecular complexity index is 499. The Hall–Kier alpha value is -1.93. The Balaban J connectivity index is 1.58. The van der Waals surface area contributed by atoms with Gasteiger partial charge in [-0.2, -0.15) is 22.3 Å². The van der Waals surface area contributed by atoms with Crippen LogP contribution in [-0.4, -0.2) is 41.7 Å². The summed E-state index contributed by atoms with van der Waals surface area (Å²) in [6.45, 7) is -0.161. The first kappa shape index (κ1) is 16.4. The molecule has 0 aromatic carbocycles. The van der Waals surface area contributed by atoms with Crippen molar-refractivity contribution in [1.82, 2.24) is 10.6 Å². The van der Waals surface area contributed by atoms with Crippen molar-refractivity contribution in [3.05, 3.63) is 0 Å². The van der Waals surface area contributed by atoms with Gasteiger partial charge in [0.2, 0.25) is 0 Å². The van der Waals surface area contributed by atoms with Crippen LogP contribution in [-0.2, 0) is 9.53 Å². The highest BCUT2D eigenvalue weighted by atomic mass is 32.2. The normalized spacial score (nSPS) is 25.8. The maximum absolute atomic E-state index is 11.5. The third-order valence-corrected chi connectivity index (χ3v) is 5.29.